The van der Waals surface area contributed by atoms with E-state index in [-0.39, 0.29) is 11.6 Å². The van der Waals surface area contributed by atoms with Crippen LogP contribution in [0, 0.1) is 5.82 Å². The van der Waals surface area contributed by atoms with Crippen LogP contribution < -0.4 is 10.1 Å². The average Bonchev–Trinajstić information content (AvgIpc) is 3.00. The van der Waals surface area contributed by atoms with Crippen LogP contribution in [0.5, 0.6) is 5.75 Å². The summed E-state index contributed by atoms with van der Waals surface area (Å²) in [5.41, 5.74) is 0.629. The van der Waals surface area contributed by atoms with Crippen molar-refractivity contribution in [3.05, 3.63) is 47.7 Å². The van der Waals surface area contributed by atoms with Gasteiger partial charge in [-0.1, -0.05) is 13.0 Å². The molecule has 0 bridgehead atoms. The van der Waals surface area contributed by atoms with Gasteiger partial charge in [-0.05, 0) is 18.6 Å². The molecule has 4 nitrogen and oxygen atoms in total. The molecule has 0 saturated heterocycles. The van der Waals surface area contributed by atoms with Crippen LogP contribution in [-0.2, 0) is 0 Å². The number of thiazole rings is 1. The number of carbonyl (C=O) groups is 1. The maximum absolute atomic E-state index is 14.1. The lowest BCUT2D eigenvalue weighted by Crippen LogP contribution is -2.23. The van der Waals surface area contributed by atoms with Crippen LogP contribution in [0.3, 0.4) is 0 Å². The lowest BCUT2D eigenvalue weighted by Gasteiger charge is -2.06. The lowest BCUT2D eigenvalue weighted by atomic mass is 10.2. The van der Waals surface area contributed by atoms with Crippen LogP contribution in [0.2, 0.25) is 0 Å². The van der Waals surface area contributed by atoms with Crippen LogP contribution >= 0.6 is 11.3 Å². The van der Waals surface area contributed by atoms with E-state index < -0.39 is 5.82 Å². The number of amides is 1. The summed E-state index contributed by atoms with van der Waals surface area (Å²) < 4.78 is 19.5. The van der Waals surface area contributed by atoms with Crippen molar-refractivity contribution in [2.24, 2.45) is 0 Å². The summed E-state index contributed by atoms with van der Waals surface area (Å²) in [5.74, 6) is -0.227. The Morgan fingerprint density at radius 3 is 3.05 bits per heavy atom. The van der Waals surface area contributed by atoms with E-state index in [9.17, 15) is 9.18 Å². The Morgan fingerprint density at radius 1 is 1.55 bits per heavy atom. The molecule has 2 rings (SSSR count). The Labute approximate surface area is 132 Å². The van der Waals surface area contributed by atoms with Crippen LogP contribution in [0.1, 0.15) is 23.8 Å². The summed E-state index contributed by atoms with van der Waals surface area (Å²) in [4.78, 5) is 16.0. The number of halogens is 1. The Bertz CT molecular complexity index is 670. The summed E-state index contributed by atoms with van der Waals surface area (Å²) in [5, 5.41) is 4.70. The summed E-state index contributed by atoms with van der Waals surface area (Å²) >= 11 is 1.22. The molecule has 2 aromatic rings. The monoisotopic (exact) mass is 320 g/mol. The number of aromatic nitrogens is 1. The molecular weight excluding hydrogens is 303 g/mol. The zero-order chi connectivity index (χ0) is 15.9. The number of ether oxygens (including phenoxy) is 1. The fourth-order valence-electron chi connectivity index (χ4n) is 1.74. The third-order valence-corrected chi connectivity index (χ3v) is 3.66. The van der Waals surface area contributed by atoms with Crippen molar-refractivity contribution in [2.45, 2.75) is 13.3 Å². The van der Waals surface area contributed by atoms with E-state index in [2.05, 4.69) is 16.9 Å². The predicted octanol–water partition coefficient (Wildman–Crippen LogP) is 3.65. The molecule has 22 heavy (non-hydrogen) atoms. The number of hydrogen-bond donors (Lipinski definition) is 1. The molecule has 6 heteroatoms. The number of rotatable bonds is 7. The quantitative estimate of drug-likeness (QED) is 0.792. The van der Waals surface area contributed by atoms with E-state index in [1.165, 1.54) is 17.4 Å². The molecule has 0 spiro atoms. The molecule has 0 aliphatic heterocycles. The van der Waals surface area contributed by atoms with Gasteiger partial charge in [0.2, 0.25) is 0 Å². The van der Waals surface area contributed by atoms with Crippen molar-refractivity contribution in [2.75, 3.05) is 13.2 Å². The van der Waals surface area contributed by atoms with Gasteiger partial charge in [-0.2, -0.15) is 0 Å². The van der Waals surface area contributed by atoms with Gasteiger partial charge >= 0.3 is 0 Å². The smallest absolute Gasteiger partial charge is 0.271 e. The molecule has 0 aliphatic rings. The van der Waals surface area contributed by atoms with Crippen molar-refractivity contribution in [1.29, 1.82) is 0 Å². The van der Waals surface area contributed by atoms with Gasteiger partial charge in [-0.15, -0.1) is 17.9 Å². The summed E-state index contributed by atoms with van der Waals surface area (Å²) in [7, 11) is 0. The molecule has 0 aliphatic carbocycles. The summed E-state index contributed by atoms with van der Waals surface area (Å²) in [6.45, 7) is 6.42. The first-order valence-electron chi connectivity index (χ1n) is 6.93. The molecule has 1 aromatic carbocycles. The fourth-order valence-corrected chi connectivity index (χ4v) is 2.56. The fraction of sp³-hybridized carbons (Fsp3) is 0.250. The highest BCUT2D eigenvalue weighted by Gasteiger charge is 2.14. The van der Waals surface area contributed by atoms with Gasteiger partial charge in [0.15, 0.2) is 0 Å². The Kier molecular flexibility index (Phi) is 5.66. The number of hydrogen-bond acceptors (Lipinski definition) is 4. The van der Waals surface area contributed by atoms with Crippen LogP contribution in [-0.4, -0.2) is 24.0 Å². The zero-order valence-corrected chi connectivity index (χ0v) is 13.1. The molecular formula is C16H17FN2O2S. The molecule has 116 valence electrons. The van der Waals surface area contributed by atoms with Crippen molar-refractivity contribution >= 4 is 17.2 Å². The van der Waals surface area contributed by atoms with Crippen LogP contribution in [0.15, 0.2) is 36.2 Å². The Hall–Kier alpha value is -2.21. The molecule has 0 saturated carbocycles. The third kappa shape index (κ3) is 3.92. The highest BCUT2D eigenvalue weighted by molar-refractivity contribution is 7.13. The SMILES string of the molecule is C=CCNC(=O)c1csc(-c2ccc(OCCC)cc2F)n1. The Balaban J connectivity index is 2.16. The van der Waals surface area contributed by atoms with E-state index in [4.69, 9.17) is 4.74 Å². The van der Waals surface area contributed by atoms with Gasteiger partial charge in [0.25, 0.3) is 5.91 Å². The number of nitrogens with one attached hydrogen (secondary N) is 1. The normalized spacial score (nSPS) is 10.3. The van der Waals surface area contributed by atoms with Gasteiger partial charge in [-0.3, -0.25) is 4.79 Å². The van der Waals surface area contributed by atoms with Crippen LogP contribution in [0.4, 0.5) is 4.39 Å². The van der Waals surface area contributed by atoms with Crippen LogP contribution in [0.25, 0.3) is 10.6 Å². The van der Waals surface area contributed by atoms with Crippen molar-refractivity contribution in [1.82, 2.24) is 10.3 Å². The number of nitrogens with zero attached hydrogens (tertiary/aromatic N) is 1. The average molecular weight is 320 g/mol. The van der Waals surface area contributed by atoms with E-state index in [1.807, 2.05) is 6.92 Å². The largest absolute Gasteiger partial charge is 0.494 e. The topological polar surface area (TPSA) is 51.2 Å². The third-order valence-electron chi connectivity index (χ3n) is 2.79. The van der Waals surface area contributed by atoms with Gasteiger partial charge in [0, 0.05) is 23.6 Å². The predicted molar refractivity (Wildman–Crippen MR) is 85.8 cm³/mol. The minimum Gasteiger partial charge on any atom is -0.494 e. The van der Waals surface area contributed by atoms with E-state index >= 15 is 0 Å². The van der Waals surface area contributed by atoms with Gasteiger partial charge in [-0.25, -0.2) is 9.37 Å². The highest BCUT2D eigenvalue weighted by atomic mass is 32.1. The summed E-state index contributed by atoms with van der Waals surface area (Å²) in [6.07, 6.45) is 2.44. The second kappa shape index (κ2) is 7.70. The molecule has 0 fully saturated rings. The highest BCUT2D eigenvalue weighted by Crippen LogP contribution is 2.29. The van der Waals surface area contributed by atoms with Gasteiger partial charge < -0.3 is 10.1 Å². The molecule has 1 amide bonds. The maximum atomic E-state index is 14.1. The minimum absolute atomic E-state index is 0.271. The van der Waals surface area contributed by atoms with Crippen molar-refractivity contribution in [3.8, 4) is 16.3 Å². The minimum atomic E-state index is -0.416. The zero-order valence-electron chi connectivity index (χ0n) is 12.3. The molecule has 1 N–H and O–H groups in total. The maximum Gasteiger partial charge on any atom is 0.271 e. The Morgan fingerprint density at radius 2 is 2.36 bits per heavy atom. The van der Waals surface area contributed by atoms with Crippen molar-refractivity contribution < 1.29 is 13.9 Å². The van der Waals surface area contributed by atoms with E-state index in [0.717, 1.165) is 6.42 Å². The second-order valence-electron chi connectivity index (χ2n) is 4.53. The molecule has 0 unspecified atom stereocenters. The molecule has 1 heterocycles. The van der Waals surface area contributed by atoms with E-state index in [1.54, 1.807) is 23.6 Å². The second-order valence-corrected chi connectivity index (χ2v) is 5.38. The van der Waals surface area contributed by atoms with Gasteiger partial charge in [0.05, 0.1) is 6.61 Å². The summed E-state index contributed by atoms with van der Waals surface area (Å²) in [6, 6.07) is 4.65. The number of benzene rings is 1. The first kappa shape index (κ1) is 16.2. The molecule has 0 radical (unpaired) electrons. The van der Waals surface area contributed by atoms with E-state index in [0.29, 0.717) is 29.5 Å². The number of carbonyl (C=O) groups excluding carboxylic acids is 1. The molecule has 1 aromatic heterocycles. The lowest BCUT2D eigenvalue weighted by molar-refractivity contribution is 0.0954. The molecule has 0 atom stereocenters. The standard InChI is InChI=1S/C16H17FN2O2S/c1-3-7-18-15(20)14-10-22-16(19-14)12-6-5-11(9-13(12)17)21-8-4-2/h3,5-6,9-10H,1,4,7-8H2,2H3,(H,18,20). The first-order valence-corrected chi connectivity index (χ1v) is 7.81. The van der Waals surface area contributed by atoms with Crippen molar-refractivity contribution in [3.63, 3.8) is 0 Å². The first-order chi connectivity index (χ1) is 10.7. The van der Waals surface area contributed by atoms with Gasteiger partial charge in [0.1, 0.15) is 22.3 Å².